The zero-order valence-electron chi connectivity index (χ0n) is 15.8. The highest BCUT2D eigenvalue weighted by Crippen LogP contribution is 2.17. The highest BCUT2D eigenvalue weighted by atomic mass is 32.2. The van der Waals surface area contributed by atoms with E-state index in [0.717, 1.165) is 9.87 Å². The summed E-state index contributed by atoms with van der Waals surface area (Å²) in [5, 5.41) is 14.7. The molecule has 0 bridgehead atoms. The Labute approximate surface area is 164 Å². The van der Waals surface area contributed by atoms with Gasteiger partial charge in [0.15, 0.2) is 0 Å². The first-order valence-corrected chi connectivity index (χ1v) is 9.94. The second kappa shape index (κ2) is 8.85. The summed E-state index contributed by atoms with van der Waals surface area (Å²) < 4.78 is 25.4. The average molecular weight is 405 g/mol. The monoisotopic (exact) mass is 405 g/mol. The number of sulfonamides is 1. The van der Waals surface area contributed by atoms with E-state index in [0.29, 0.717) is 0 Å². The van der Waals surface area contributed by atoms with Crippen LogP contribution in [0.1, 0.15) is 28.9 Å². The maximum Gasteiger partial charge on any atom is 0.251 e. The quantitative estimate of drug-likeness (QED) is 0.641. The Balaban J connectivity index is 1.97. The van der Waals surface area contributed by atoms with Crippen LogP contribution in [0, 0.1) is 0 Å². The number of carbonyl (C=O) groups is 2. The number of hydrogen-bond donors (Lipinski definition) is 3. The molecule has 0 heterocycles. The molecular formula is C19H23N3O5S. The first kappa shape index (κ1) is 21.4. The van der Waals surface area contributed by atoms with Crippen molar-refractivity contribution in [3.63, 3.8) is 0 Å². The number of amides is 2. The standard InChI is InChI=1S/C19H23N3O5S/c1-13(14-6-4-8-16(23)10-14)21-18(24)12-20-19(25)15-7-5-9-17(11-15)28(26,27)22(2)3/h4-11,13,23H,12H2,1-3H3,(H,20,25)(H,21,24). The van der Waals surface area contributed by atoms with Crippen molar-refractivity contribution in [2.75, 3.05) is 20.6 Å². The average Bonchev–Trinajstić information content (AvgIpc) is 2.66. The Morgan fingerprint density at radius 1 is 1.11 bits per heavy atom. The molecule has 0 saturated carbocycles. The van der Waals surface area contributed by atoms with E-state index in [9.17, 15) is 23.1 Å². The van der Waals surface area contributed by atoms with Crippen LogP contribution in [0.3, 0.4) is 0 Å². The number of phenolic OH excluding ortho intramolecular Hbond substituents is 1. The lowest BCUT2D eigenvalue weighted by Gasteiger charge is -2.15. The molecule has 0 fully saturated rings. The summed E-state index contributed by atoms with van der Waals surface area (Å²) in [4.78, 5) is 24.3. The fraction of sp³-hybridized carbons (Fsp3) is 0.263. The van der Waals surface area contributed by atoms with E-state index in [-0.39, 0.29) is 28.8 Å². The first-order valence-electron chi connectivity index (χ1n) is 8.50. The van der Waals surface area contributed by atoms with Gasteiger partial charge in [0.05, 0.1) is 17.5 Å². The minimum atomic E-state index is -3.66. The molecule has 3 N–H and O–H groups in total. The molecule has 2 amide bonds. The molecule has 8 nitrogen and oxygen atoms in total. The molecule has 0 aliphatic rings. The second-order valence-corrected chi connectivity index (χ2v) is 8.53. The molecular weight excluding hydrogens is 382 g/mol. The van der Waals surface area contributed by atoms with Crippen LogP contribution in [0.2, 0.25) is 0 Å². The van der Waals surface area contributed by atoms with Crippen molar-refractivity contribution in [1.82, 2.24) is 14.9 Å². The molecule has 0 aliphatic heterocycles. The molecule has 9 heteroatoms. The van der Waals surface area contributed by atoms with Gasteiger partial charge in [-0.2, -0.15) is 0 Å². The number of nitrogens with one attached hydrogen (secondary N) is 2. The lowest BCUT2D eigenvalue weighted by atomic mass is 10.1. The van der Waals surface area contributed by atoms with Crippen molar-refractivity contribution in [3.05, 3.63) is 59.7 Å². The fourth-order valence-corrected chi connectivity index (χ4v) is 3.39. The molecule has 0 saturated heterocycles. The first-order chi connectivity index (χ1) is 13.1. The molecule has 1 atom stereocenters. The van der Waals surface area contributed by atoms with Crippen LogP contribution >= 0.6 is 0 Å². The number of aromatic hydroxyl groups is 1. The zero-order chi connectivity index (χ0) is 20.9. The van der Waals surface area contributed by atoms with Crippen LogP contribution in [-0.2, 0) is 14.8 Å². The number of phenols is 1. The summed E-state index contributed by atoms with van der Waals surface area (Å²) in [6.07, 6.45) is 0. The van der Waals surface area contributed by atoms with E-state index < -0.39 is 21.8 Å². The van der Waals surface area contributed by atoms with E-state index >= 15 is 0 Å². The Morgan fingerprint density at radius 2 is 1.79 bits per heavy atom. The summed E-state index contributed by atoms with van der Waals surface area (Å²) in [6, 6.07) is 11.7. The molecule has 150 valence electrons. The lowest BCUT2D eigenvalue weighted by Crippen LogP contribution is -2.38. The van der Waals surface area contributed by atoms with Crippen molar-refractivity contribution in [2.24, 2.45) is 0 Å². The molecule has 0 aromatic heterocycles. The number of hydrogen-bond acceptors (Lipinski definition) is 5. The van der Waals surface area contributed by atoms with E-state index in [1.807, 2.05) is 0 Å². The van der Waals surface area contributed by atoms with Crippen LogP contribution in [0.4, 0.5) is 0 Å². The number of benzene rings is 2. The van der Waals surface area contributed by atoms with Gasteiger partial charge < -0.3 is 15.7 Å². The summed E-state index contributed by atoms with van der Waals surface area (Å²) in [6.45, 7) is 1.48. The Morgan fingerprint density at radius 3 is 2.43 bits per heavy atom. The molecule has 2 aromatic carbocycles. The maximum absolute atomic E-state index is 12.3. The van der Waals surface area contributed by atoms with Crippen molar-refractivity contribution in [3.8, 4) is 5.75 Å². The lowest BCUT2D eigenvalue weighted by molar-refractivity contribution is -0.120. The predicted molar refractivity (Wildman–Crippen MR) is 104 cm³/mol. The number of nitrogens with zero attached hydrogens (tertiary/aromatic N) is 1. The second-order valence-electron chi connectivity index (χ2n) is 6.38. The van der Waals surface area contributed by atoms with Crippen LogP contribution in [0.25, 0.3) is 0 Å². The largest absolute Gasteiger partial charge is 0.508 e. The molecule has 2 rings (SSSR count). The third-order valence-electron chi connectivity index (χ3n) is 4.03. The van der Waals surface area contributed by atoms with Gasteiger partial charge in [-0.1, -0.05) is 18.2 Å². The highest BCUT2D eigenvalue weighted by molar-refractivity contribution is 7.89. The van der Waals surface area contributed by atoms with Gasteiger partial charge in [-0.25, -0.2) is 12.7 Å². The van der Waals surface area contributed by atoms with Gasteiger partial charge in [0.25, 0.3) is 5.91 Å². The van der Waals surface area contributed by atoms with Crippen LogP contribution in [0.5, 0.6) is 5.75 Å². The topological polar surface area (TPSA) is 116 Å². The van der Waals surface area contributed by atoms with Crippen LogP contribution in [-0.4, -0.2) is 50.3 Å². The van der Waals surface area contributed by atoms with Gasteiger partial charge in [-0.3, -0.25) is 9.59 Å². The van der Waals surface area contributed by atoms with Gasteiger partial charge in [0.2, 0.25) is 15.9 Å². The highest BCUT2D eigenvalue weighted by Gasteiger charge is 2.19. The predicted octanol–water partition coefficient (Wildman–Crippen LogP) is 1.25. The van der Waals surface area contributed by atoms with E-state index in [2.05, 4.69) is 10.6 Å². The Kier molecular flexibility index (Phi) is 6.76. The number of carbonyl (C=O) groups excluding carboxylic acids is 2. The Hall–Kier alpha value is -2.91. The summed E-state index contributed by atoms with van der Waals surface area (Å²) in [5.74, 6) is -0.878. The summed E-state index contributed by atoms with van der Waals surface area (Å²) in [5.41, 5.74) is 0.859. The van der Waals surface area contributed by atoms with Gasteiger partial charge in [-0.05, 0) is 42.8 Å². The van der Waals surface area contributed by atoms with Gasteiger partial charge >= 0.3 is 0 Å². The summed E-state index contributed by atoms with van der Waals surface area (Å²) in [7, 11) is -0.855. The molecule has 2 aromatic rings. The minimum absolute atomic E-state index is 0.00731. The zero-order valence-corrected chi connectivity index (χ0v) is 16.7. The molecule has 0 radical (unpaired) electrons. The van der Waals surface area contributed by atoms with Gasteiger partial charge in [0.1, 0.15) is 5.75 Å². The van der Waals surface area contributed by atoms with E-state index in [1.54, 1.807) is 25.1 Å². The summed E-state index contributed by atoms with van der Waals surface area (Å²) >= 11 is 0. The Bertz CT molecular complexity index is 973. The van der Waals surface area contributed by atoms with E-state index in [4.69, 9.17) is 0 Å². The molecule has 28 heavy (non-hydrogen) atoms. The SMILES string of the molecule is CC(NC(=O)CNC(=O)c1cccc(S(=O)(=O)N(C)C)c1)c1cccc(O)c1. The fourth-order valence-electron chi connectivity index (χ4n) is 2.44. The number of rotatable bonds is 7. The van der Waals surface area contributed by atoms with Crippen LogP contribution in [0.15, 0.2) is 53.4 Å². The third kappa shape index (κ3) is 5.30. The van der Waals surface area contributed by atoms with Crippen LogP contribution < -0.4 is 10.6 Å². The minimum Gasteiger partial charge on any atom is -0.508 e. The van der Waals surface area contributed by atoms with Gasteiger partial charge in [0, 0.05) is 19.7 Å². The molecule has 1 unspecified atom stereocenters. The van der Waals surface area contributed by atoms with Crippen molar-refractivity contribution in [1.29, 1.82) is 0 Å². The molecule has 0 aliphatic carbocycles. The van der Waals surface area contributed by atoms with E-state index in [1.165, 1.54) is 44.4 Å². The van der Waals surface area contributed by atoms with Crippen molar-refractivity contribution in [2.45, 2.75) is 17.9 Å². The van der Waals surface area contributed by atoms with Crippen molar-refractivity contribution >= 4 is 21.8 Å². The van der Waals surface area contributed by atoms with Crippen molar-refractivity contribution < 1.29 is 23.1 Å². The maximum atomic E-state index is 12.3. The smallest absolute Gasteiger partial charge is 0.251 e. The molecule has 0 spiro atoms. The third-order valence-corrected chi connectivity index (χ3v) is 5.84. The van der Waals surface area contributed by atoms with Gasteiger partial charge in [-0.15, -0.1) is 0 Å². The normalized spacial score (nSPS) is 12.4.